The van der Waals surface area contributed by atoms with Crippen LogP contribution in [0.1, 0.15) is 16.8 Å². The maximum Gasteiger partial charge on any atom is 0.252 e. The summed E-state index contributed by atoms with van der Waals surface area (Å²) in [6, 6.07) is 5.59. The van der Waals surface area contributed by atoms with E-state index < -0.39 is 0 Å². The minimum Gasteiger partial charge on any atom is -0.352 e. The number of benzene rings is 1. The Kier molecular flexibility index (Phi) is 6.67. The molecule has 116 valence electrons. The van der Waals surface area contributed by atoms with Crippen LogP contribution >= 0.6 is 31.9 Å². The highest BCUT2D eigenvalue weighted by molar-refractivity contribution is 9.11. The second-order valence-electron chi connectivity index (χ2n) is 5.38. The van der Waals surface area contributed by atoms with E-state index in [1.807, 2.05) is 18.2 Å². The topological polar surface area (TPSA) is 35.6 Å². The van der Waals surface area contributed by atoms with Gasteiger partial charge < -0.3 is 15.1 Å². The molecule has 1 saturated heterocycles. The monoisotopic (exact) mass is 417 g/mol. The molecule has 1 heterocycles. The Balaban J connectivity index is 1.69. The number of carbonyl (C=O) groups is 1. The van der Waals surface area contributed by atoms with Crippen molar-refractivity contribution in [3.63, 3.8) is 0 Å². The normalized spacial score (nSPS) is 16.9. The standard InChI is InChI=1S/C15H21Br2N3O/c1-19-7-9-20(10-8-19)6-2-5-18-15(21)13-4-3-12(16)11-14(13)17/h3-4,11H,2,5-10H2,1H3,(H,18,21). The fourth-order valence-electron chi connectivity index (χ4n) is 2.34. The van der Waals surface area contributed by atoms with Gasteiger partial charge in [0.15, 0.2) is 0 Å². The number of hydrogen-bond acceptors (Lipinski definition) is 3. The Morgan fingerprint density at radius 1 is 1.24 bits per heavy atom. The zero-order valence-corrected chi connectivity index (χ0v) is 15.4. The Morgan fingerprint density at radius 2 is 1.95 bits per heavy atom. The van der Waals surface area contributed by atoms with Gasteiger partial charge in [0.25, 0.3) is 5.91 Å². The van der Waals surface area contributed by atoms with Gasteiger partial charge >= 0.3 is 0 Å². The smallest absolute Gasteiger partial charge is 0.252 e. The van der Waals surface area contributed by atoms with Crippen molar-refractivity contribution in [2.45, 2.75) is 6.42 Å². The van der Waals surface area contributed by atoms with Crippen molar-refractivity contribution < 1.29 is 4.79 Å². The number of piperazine rings is 1. The summed E-state index contributed by atoms with van der Waals surface area (Å²) < 4.78 is 1.77. The maximum absolute atomic E-state index is 12.1. The van der Waals surface area contributed by atoms with Crippen LogP contribution in [0.25, 0.3) is 0 Å². The SMILES string of the molecule is CN1CCN(CCCNC(=O)c2ccc(Br)cc2Br)CC1. The first-order valence-electron chi connectivity index (χ1n) is 7.20. The maximum atomic E-state index is 12.1. The third-order valence-corrected chi connectivity index (χ3v) is 4.86. The zero-order chi connectivity index (χ0) is 15.2. The lowest BCUT2D eigenvalue weighted by molar-refractivity contribution is 0.0948. The molecule has 1 N–H and O–H groups in total. The van der Waals surface area contributed by atoms with Crippen LogP contribution in [0.5, 0.6) is 0 Å². The Hall–Kier alpha value is -0.430. The van der Waals surface area contributed by atoms with Crippen molar-refractivity contribution in [3.05, 3.63) is 32.7 Å². The summed E-state index contributed by atoms with van der Waals surface area (Å²) in [5.41, 5.74) is 0.679. The van der Waals surface area contributed by atoms with E-state index in [1.54, 1.807) is 0 Å². The molecule has 1 amide bonds. The summed E-state index contributed by atoms with van der Waals surface area (Å²) in [6.07, 6.45) is 0.990. The predicted octanol–water partition coefficient (Wildman–Crippen LogP) is 2.58. The highest BCUT2D eigenvalue weighted by atomic mass is 79.9. The molecule has 0 atom stereocenters. The zero-order valence-electron chi connectivity index (χ0n) is 12.2. The Morgan fingerprint density at radius 3 is 2.62 bits per heavy atom. The molecule has 2 rings (SSSR count). The molecule has 0 aromatic heterocycles. The van der Waals surface area contributed by atoms with Crippen LogP contribution in [-0.4, -0.2) is 62.0 Å². The molecule has 0 bridgehead atoms. The lowest BCUT2D eigenvalue weighted by Gasteiger charge is -2.32. The van der Waals surface area contributed by atoms with Gasteiger partial charge in [0.05, 0.1) is 5.56 Å². The van der Waals surface area contributed by atoms with Gasteiger partial charge in [-0.3, -0.25) is 4.79 Å². The van der Waals surface area contributed by atoms with Crippen LogP contribution in [0, 0.1) is 0 Å². The third-order valence-electron chi connectivity index (χ3n) is 3.71. The molecule has 0 aliphatic carbocycles. The first-order valence-corrected chi connectivity index (χ1v) is 8.79. The number of nitrogens with one attached hydrogen (secondary N) is 1. The molecule has 21 heavy (non-hydrogen) atoms. The van der Waals surface area contributed by atoms with E-state index >= 15 is 0 Å². The first-order chi connectivity index (χ1) is 10.1. The second-order valence-corrected chi connectivity index (χ2v) is 7.15. The van der Waals surface area contributed by atoms with E-state index in [-0.39, 0.29) is 5.91 Å². The second kappa shape index (κ2) is 8.27. The molecule has 0 saturated carbocycles. The number of carbonyl (C=O) groups excluding carboxylic acids is 1. The highest BCUT2D eigenvalue weighted by Crippen LogP contribution is 2.21. The average molecular weight is 419 g/mol. The lowest BCUT2D eigenvalue weighted by atomic mass is 10.2. The van der Waals surface area contributed by atoms with Crippen LogP contribution in [0.4, 0.5) is 0 Å². The van der Waals surface area contributed by atoms with Crippen molar-refractivity contribution in [1.82, 2.24) is 15.1 Å². The minimum atomic E-state index is -0.0206. The molecule has 1 aliphatic rings. The number of amides is 1. The highest BCUT2D eigenvalue weighted by Gasteiger charge is 2.13. The average Bonchev–Trinajstić information content (AvgIpc) is 2.45. The summed E-state index contributed by atoms with van der Waals surface area (Å²) in [4.78, 5) is 16.9. The van der Waals surface area contributed by atoms with E-state index in [1.165, 1.54) is 0 Å². The number of hydrogen-bond donors (Lipinski definition) is 1. The molecular formula is C15H21Br2N3O. The van der Waals surface area contributed by atoms with Crippen molar-refractivity contribution in [3.8, 4) is 0 Å². The van der Waals surface area contributed by atoms with Gasteiger partial charge in [0, 0.05) is 41.7 Å². The van der Waals surface area contributed by atoms with Gasteiger partial charge in [-0.1, -0.05) is 15.9 Å². The fourth-order valence-corrected chi connectivity index (χ4v) is 3.57. The van der Waals surface area contributed by atoms with Crippen LogP contribution < -0.4 is 5.32 Å². The summed E-state index contributed by atoms with van der Waals surface area (Å²) in [6.45, 7) is 6.30. The van der Waals surface area contributed by atoms with Crippen molar-refractivity contribution >= 4 is 37.8 Å². The molecule has 0 unspecified atom stereocenters. The number of likely N-dealkylation sites (N-methyl/N-ethyl adjacent to an activating group) is 1. The van der Waals surface area contributed by atoms with Crippen molar-refractivity contribution in [2.24, 2.45) is 0 Å². The van der Waals surface area contributed by atoms with E-state index in [4.69, 9.17) is 0 Å². The van der Waals surface area contributed by atoms with Crippen molar-refractivity contribution in [1.29, 1.82) is 0 Å². The van der Waals surface area contributed by atoms with E-state index in [0.29, 0.717) is 12.1 Å². The van der Waals surface area contributed by atoms with Gasteiger partial charge in [-0.2, -0.15) is 0 Å². The number of rotatable bonds is 5. The predicted molar refractivity (Wildman–Crippen MR) is 92.7 cm³/mol. The van der Waals surface area contributed by atoms with E-state index in [9.17, 15) is 4.79 Å². The fraction of sp³-hybridized carbons (Fsp3) is 0.533. The Bertz CT molecular complexity index is 488. The summed E-state index contributed by atoms with van der Waals surface area (Å²) in [7, 11) is 2.16. The molecule has 6 heteroatoms. The molecule has 0 spiro atoms. The van der Waals surface area contributed by atoms with E-state index in [0.717, 1.165) is 48.1 Å². The quantitative estimate of drug-likeness (QED) is 0.746. The van der Waals surface area contributed by atoms with Gasteiger partial charge in [-0.05, 0) is 54.1 Å². The molecule has 1 aliphatic heterocycles. The number of nitrogens with zero attached hydrogens (tertiary/aromatic N) is 2. The summed E-state index contributed by atoms with van der Waals surface area (Å²) >= 11 is 6.81. The van der Waals surface area contributed by atoms with Crippen LogP contribution in [0.3, 0.4) is 0 Å². The van der Waals surface area contributed by atoms with Gasteiger partial charge in [0.1, 0.15) is 0 Å². The van der Waals surface area contributed by atoms with E-state index in [2.05, 4.69) is 54.0 Å². The minimum absolute atomic E-state index is 0.0206. The third kappa shape index (κ3) is 5.36. The molecule has 0 radical (unpaired) electrons. The number of halogens is 2. The van der Waals surface area contributed by atoms with Crippen LogP contribution in [0.2, 0.25) is 0 Å². The van der Waals surface area contributed by atoms with Gasteiger partial charge in [-0.25, -0.2) is 0 Å². The Labute approximate surface area is 143 Å². The summed E-state index contributed by atoms with van der Waals surface area (Å²) in [5.74, 6) is -0.0206. The molecule has 4 nitrogen and oxygen atoms in total. The molecular weight excluding hydrogens is 398 g/mol. The van der Waals surface area contributed by atoms with Gasteiger partial charge in [-0.15, -0.1) is 0 Å². The molecule has 1 aromatic carbocycles. The van der Waals surface area contributed by atoms with Crippen LogP contribution in [0.15, 0.2) is 27.1 Å². The molecule has 1 fully saturated rings. The molecule has 1 aromatic rings. The van der Waals surface area contributed by atoms with Crippen molar-refractivity contribution in [2.75, 3.05) is 46.3 Å². The van der Waals surface area contributed by atoms with Crippen LogP contribution in [-0.2, 0) is 0 Å². The summed E-state index contributed by atoms with van der Waals surface area (Å²) in [5, 5.41) is 2.99. The largest absolute Gasteiger partial charge is 0.352 e. The van der Waals surface area contributed by atoms with Gasteiger partial charge in [0.2, 0.25) is 0 Å². The first kappa shape index (κ1) is 16.9. The lowest BCUT2D eigenvalue weighted by Crippen LogP contribution is -2.45.